The molecule has 0 aromatic carbocycles. The molecule has 1 amide bonds. The Kier molecular flexibility index (Phi) is 5.14. The van der Waals surface area contributed by atoms with Crippen molar-refractivity contribution in [3.05, 3.63) is 34.0 Å². The summed E-state index contributed by atoms with van der Waals surface area (Å²) >= 11 is 6.70. The lowest BCUT2D eigenvalue weighted by atomic mass is 9.88. The molecule has 20 heavy (non-hydrogen) atoms. The second kappa shape index (κ2) is 6.85. The van der Waals surface area contributed by atoms with E-state index in [-0.39, 0.29) is 5.91 Å². The molecule has 0 bridgehead atoms. The number of carbonyl (C=O) groups is 1. The number of thiocarbonyl (C=S) groups is 1. The van der Waals surface area contributed by atoms with Gasteiger partial charge in [0, 0.05) is 16.8 Å². The fourth-order valence-electron chi connectivity index (χ4n) is 2.26. The number of rotatable bonds is 3. The highest BCUT2D eigenvalue weighted by atomic mass is 32.1. The third-order valence-electron chi connectivity index (χ3n) is 3.34. The van der Waals surface area contributed by atoms with Crippen LogP contribution in [-0.4, -0.2) is 17.6 Å². The van der Waals surface area contributed by atoms with E-state index >= 15 is 0 Å². The first-order valence-electron chi connectivity index (χ1n) is 6.66. The van der Waals surface area contributed by atoms with Gasteiger partial charge in [-0.1, -0.05) is 13.0 Å². The molecule has 1 atom stereocenters. The third-order valence-corrected chi connectivity index (χ3v) is 4.64. The predicted octanol–water partition coefficient (Wildman–Crippen LogP) is 2.17. The quantitative estimate of drug-likeness (QED) is 0.455. The Morgan fingerprint density at radius 1 is 1.60 bits per heavy atom. The van der Waals surface area contributed by atoms with Gasteiger partial charge in [0.2, 0.25) is 0 Å². The molecule has 1 aromatic heterocycles. The first-order chi connectivity index (χ1) is 9.61. The summed E-state index contributed by atoms with van der Waals surface area (Å²) in [6.45, 7) is 6.41. The zero-order valence-electron chi connectivity index (χ0n) is 11.5. The average Bonchev–Trinajstić information content (AvgIpc) is 2.85. The Balaban J connectivity index is 1.93. The van der Waals surface area contributed by atoms with E-state index in [4.69, 9.17) is 12.2 Å². The molecule has 3 N–H and O–H groups in total. The van der Waals surface area contributed by atoms with E-state index in [9.17, 15) is 4.79 Å². The smallest absolute Gasteiger partial charge is 0.270 e. The van der Waals surface area contributed by atoms with E-state index in [2.05, 4.69) is 29.7 Å². The van der Waals surface area contributed by atoms with Gasteiger partial charge in [0.15, 0.2) is 5.11 Å². The van der Waals surface area contributed by atoms with Crippen LogP contribution in [0, 0.1) is 5.92 Å². The zero-order chi connectivity index (χ0) is 14.5. The van der Waals surface area contributed by atoms with Crippen molar-refractivity contribution in [2.24, 2.45) is 5.92 Å². The molecule has 1 aliphatic rings. The second-order valence-corrected chi connectivity index (χ2v) is 6.35. The first kappa shape index (κ1) is 15.0. The lowest BCUT2D eigenvalue weighted by Gasteiger charge is -2.19. The van der Waals surface area contributed by atoms with Crippen LogP contribution in [0.15, 0.2) is 18.0 Å². The number of amides is 1. The van der Waals surface area contributed by atoms with Gasteiger partial charge in [0.25, 0.3) is 5.91 Å². The van der Waals surface area contributed by atoms with Gasteiger partial charge < -0.3 is 5.32 Å². The summed E-state index contributed by atoms with van der Waals surface area (Å²) in [4.78, 5) is 13.5. The molecule has 0 spiro atoms. The fraction of sp³-hybridized carbons (Fsp3) is 0.429. The van der Waals surface area contributed by atoms with Gasteiger partial charge >= 0.3 is 0 Å². The lowest BCUT2D eigenvalue weighted by molar-refractivity contribution is 0.0943. The molecule has 2 rings (SSSR count). The van der Waals surface area contributed by atoms with Crippen LogP contribution in [0.1, 0.15) is 34.1 Å². The van der Waals surface area contributed by atoms with Crippen LogP contribution in [0.2, 0.25) is 0 Å². The van der Waals surface area contributed by atoms with Crippen molar-refractivity contribution in [3.63, 3.8) is 0 Å². The summed E-state index contributed by atoms with van der Waals surface area (Å²) in [7, 11) is 0. The second-order valence-electron chi connectivity index (χ2n) is 4.98. The molecule has 1 aromatic rings. The van der Waals surface area contributed by atoms with E-state index in [1.807, 2.05) is 5.38 Å². The molecule has 108 valence electrons. The number of hydrogen-bond acceptors (Lipinski definition) is 3. The fourth-order valence-corrected chi connectivity index (χ4v) is 3.64. The number of hydrazine groups is 1. The zero-order valence-corrected chi connectivity index (χ0v) is 13.1. The van der Waals surface area contributed by atoms with Crippen molar-refractivity contribution >= 4 is 34.6 Å². The van der Waals surface area contributed by atoms with Crippen LogP contribution < -0.4 is 16.2 Å². The lowest BCUT2D eigenvalue weighted by Crippen LogP contribution is -2.46. The van der Waals surface area contributed by atoms with Crippen molar-refractivity contribution in [1.82, 2.24) is 16.2 Å². The standard InChI is InChI=1S/C14H19N3OS2/c1-3-6-15-14(19)17-16-13(18)11-8-20-12-7-9(2)4-5-10(11)12/h3,8-9H,1,4-7H2,2H3,(H,16,18)(H2,15,17,19)/t9-/m1/s1. The minimum absolute atomic E-state index is 0.125. The first-order valence-corrected chi connectivity index (χ1v) is 7.95. The van der Waals surface area contributed by atoms with Crippen molar-refractivity contribution in [2.45, 2.75) is 26.2 Å². The highest BCUT2D eigenvalue weighted by Gasteiger charge is 2.23. The van der Waals surface area contributed by atoms with E-state index in [1.54, 1.807) is 17.4 Å². The molecule has 0 fully saturated rings. The monoisotopic (exact) mass is 309 g/mol. The summed E-state index contributed by atoms with van der Waals surface area (Å²) in [5.74, 6) is 0.589. The molecule has 6 heteroatoms. The molecule has 1 aliphatic carbocycles. The molecular weight excluding hydrogens is 290 g/mol. The number of carbonyl (C=O) groups excluding carboxylic acids is 1. The summed E-state index contributed by atoms with van der Waals surface area (Å²) in [6.07, 6.45) is 4.92. The van der Waals surface area contributed by atoms with Crippen LogP contribution in [0.5, 0.6) is 0 Å². The van der Waals surface area contributed by atoms with Crippen molar-refractivity contribution < 1.29 is 4.79 Å². The van der Waals surface area contributed by atoms with Gasteiger partial charge in [0.1, 0.15) is 0 Å². The van der Waals surface area contributed by atoms with Crippen molar-refractivity contribution in [1.29, 1.82) is 0 Å². The van der Waals surface area contributed by atoms with Crippen LogP contribution in [0.25, 0.3) is 0 Å². The number of thiophene rings is 1. The highest BCUT2D eigenvalue weighted by Crippen LogP contribution is 2.32. The third kappa shape index (κ3) is 3.58. The SMILES string of the molecule is C=CCNC(=S)NNC(=O)c1csc2c1CC[C@@H](C)C2. The highest BCUT2D eigenvalue weighted by molar-refractivity contribution is 7.80. The van der Waals surface area contributed by atoms with Gasteiger partial charge in [-0.3, -0.25) is 15.6 Å². The van der Waals surface area contributed by atoms with Crippen LogP contribution in [-0.2, 0) is 12.8 Å². The topological polar surface area (TPSA) is 53.2 Å². The maximum Gasteiger partial charge on any atom is 0.270 e. The molecule has 0 aliphatic heterocycles. The van der Waals surface area contributed by atoms with Crippen molar-refractivity contribution in [2.75, 3.05) is 6.54 Å². The minimum Gasteiger partial charge on any atom is -0.358 e. The van der Waals surface area contributed by atoms with E-state index in [0.29, 0.717) is 17.6 Å². The van der Waals surface area contributed by atoms with Crippen LogP contribution in [0.3, 0.4) is 0 Å². The summed E-state index contributed by atoms with van der Waals surface area (Å²) in [5, 5.41) is 5.22. The van der Waals surface area contributed by atoms with Gasteiger partial charge in [0.05, 0.1) is 5.56 Å². The average molecular weight is 309 g/mol. The summed E-state index contributed by atoms with van der Waals surface area (Å²) < 4.78 is 0. The normalized spacial score (nSPS) is 16.9. The molecule has 0 unspecified atom stereocenters. The number of fused-ring (bicyclic) bond motifs is 1. The predicted molar refractivity (Wildman–Crippen MR) is 86.9 cm³/mol. The Morgan fingerprint density at radius 3 is 3.15 bits per heavy atom. The van der Waals surface area contributed by atoms with E-state index < -0.39 is 0 Å². The molecule has 0 saturated carbocycles. The van der Waals surface area contributed by atoms with Crippen LogP contribution >= 0.6 is 23.6 Å². The van der Waals surface area contributed by atoms with Gasteiger partial charge in [-0.25, -0.2) is 0 Å². The van der Waals surface area contributed by atoms with Gasteiger partial charge in [-0.2, -0.15) is 0 Å². The Morgan fingerprint density at radius 2 is 2.40 bits per heavy atom. The summed E-state index contributed by atoms with van der Waals surface area (Å²) in [6, 6.07) is 0. The Bertz CT molecular complexity index is 524. The Hall–Kier alpha value is -1.40. The maximum atomic E-state index is 12.2. The van der Waals surface area contributed by atoms with Crippen molar-refractivity contribution in [3.8, 4) is 0 Å². The molecular formula is C14H19N3OS2. The maximum absolute atomic E-state index is 12.2. The Labute approximate surface area is 128 Å². The van der Waals surface area contributed by atoms with E-state index in [0.717, 1.165) is 24.8 Å². The molecule has 0 saturated heterocycles. The largest absolute Gasteiger partial charge is 0.358 e. The van der Waals surface area contributed by atoms with Gasteiger partial charge in [-0.15, -0.1) is 17.9 Å². The minimum atomic E-state index is -0.125. The molecule has 4 nitrogen and oxygen atoms in total. The van der Waals surface area contributed by atoms with Gasteiger partial charge in [-0.05, 0) is 43.0 Å². The van der Waals surface area contributed by atoms with E-state index in [1.165, 1.54) is 10.4 Å². The number of nitrogens with one attached hydrogen (secondary N) is 3. The molecule has 0 radical (unpaired) electrons. The molecule has 1 heterocycles. The van der Waals surface area contributed by atoms with Crippen LogP contribution in [0.4, 0.5) is 0 Å². The summed E-state index contributed by atoms with van der Waals surface area (Å²) in [5.41, 5.74) is 7.31. The number of hydrogen-bond donors (Lipinski definition) is 3.